The summed E-state index contributed by atoms with van der Waals surface area (Å²) >= 11 is 1.77. The Hall–Kier alpha value is -2.07. The van der Waals surface area contributed by atoms with E-state index in [1.165, 1.54) is 4.88 Å². The molecule has 0 aliphatic heterocycles. The maximum absolute atomic E-state index is 5.71. The minimum Gasteiger partial charge on any atom is -0.491 e. The van der Waals surface area contributed by atoms with E-state index in [1.54, 1.807) is 17.5 Å². The number of nitrogens with zero attached hydrogens (tertiary/aromatic N) is 3. The first-order valence-electron chi connectivity index (χ1n) is 9.49. The second-order valence-electron chi connectivity index (χ2n) is 6.60. The van der Waals surface area contributed by atoms with Crippen molar-refractivity contribution in [3.8, 4) is 5.75 Å². The van der Waals surface area contributed by atoms with Crippen molar-refractivity contribution in [3.05, 3.63) is 65.4 Å². The van der Waals surface area contributed by atoms with Crippen LogP contribution in [0, 0.1) is 0 Å². The maximum atomic E-state index is 5.71. The van der Waals surface area contributed by atoms with Crippen molar-refractivity contribution in [1.82, 2.24) is 14.9 Å². The van der Waals surface area contributed by atoms with E-state index in [1.807, 2.05) is 55.2 Å². The summed E-state index contributed by atoms with van der Waals surface area (Å²) in [5, 5.41) is 8.88. The zero-order valence-electron chi connectivity index (χ0n) is 16.7. The number of nitrogens with one attached hydrogen (secondary N) is 2. The summed E-state index contributed by atoms with van der Waals surface area (Å²) in [6.45, 7) is 6.36. The highest BCUT2D eigenvalue weighted by atomic mass is 127. The number of rotatable bonds is 9. The number of imidazole rings is 1. The Bertz CT molecular complexity index is 833. The third-order valence-corrected chi connectivity index (χ3v) is 4.85. The fraction of sp³-hybridized carbons (Fsp3) is 0.333. The van der Waals surface area contributed by atoms with Gasteiger partial charge in [0.1, 0.15) is 5.75 Å². The molecule has 0 aliphatic rings. The van der Waals surface area contributed by atoms with Gasteiger partial charge in [0.2, 0.25) is 0 Å². The first-order chi connectivity index (χ1) is 13.7. The molecular weight excluding hydrogens is 497 g/mol. The number of ether oxygens (including phenoxy) is 1. The predicted molar refractivity (Wildman–Crippen MR) is 132 cm³/mol. The van der Waals surface area contributed by atoms with E-state index in [-0.39, 0.29) is 30.1 Å². The molecule has 0 radical (unpaired) electrons. The van der Waals surface area contributed by atoms with Crippen LogP contribution in [-0.2, 0) is 13.0 Å². The van der Waals surface area contributed by atoms with Gasteiger partial charge >= 0.3 is 0 Å². The second-order valence-corrected chi connectivity index (χ2v) is 7.64. The molecule has 3 aromatic rings. The van der Waals surface area contributed by atoms with Gasteiger partial charge < -0.3 is 19.9 Å². The Morgan fingerprint density at radius 3 is 2.72 bits per heavy atom. The van der Waals surface area contributed by atoms with E-state index in [4.69, 9.17) is 9.73 Å². The number of hydrogen-bond acceptors (Lipinski definition) is 4. The van der Waals surface area contributed by atoms with E-state index < -0.39 is 0 Å². The number of thiophene rings is 1. The third-order valence-electron chi connectivity index (χ3n) is 3.92. The molecule has 0 aliphatic carbocycles. The SMILES string of the molecule is CC(C)Oc1ccc(NC(=NCCc2cccs2)NCCn2ccnc2)cc1.I. The summed E-state index contributed by atoms with van der Waals surface area (Å²) in [5.41, 5.74) is 0.973. The van der Waals surface area contributed by atoms with Gasteiger partial charge in [-0.2, -0.15) is 0 Å². The molecule has 1 aromatic carbocycles. The van der Waals surface area contributed by atoms with E-state index >= 15 is 0 Å². The van der Waals surface area contributed by atoms with Crippen LogP contribution >= 0.6 is 35.3 Å². The minimum atomic E-state index is 0. The largest absolute Gasteiger partial charge is 0.491 e. The van der Waals surface area contributed by atoms with Crippen LogP contribution in [0.1, 0.15) is 18.7 Å². The third kappa shape index (κ3) is 8.45. The highest BCUT2D eigenvalue weighted by Gasteiger charge is 2.03. The molecule has 2 N–H and O–H groups in total. The molecule has 0 fully saturated rings. The number of aliphatic imine (C=N–C) groups is 1. The Kier molecular flexibility index (Phi) is 9.99. The van der Waals surface area contributed by atoms with Crippen molar-refractivity contribution >= 4 is 47.0 Å². The Labute approximate surface area is 193 Å². The molecule has 0 unspecified atom stereocenters. The molecule has 0 saturated carbocycles. The normalized spacial score (nSPS) is 11.2. The Morgan fingerprint density at radius 2 is 2.07 bits per heavy atom. The fourth-order valence-electron chi connectivity index (χ4n) is 2.62. The van der Waals surface area contributed by atoms with Gasteiger partial charge in [-0.05, 0) is 49.6 Å². The average molecular weight is 525 g/mol. The van der Waals surface area contributed by atoms with Gasteiger partial charge in [0.15, 0.2) is 5.96 Å². The molecular formula is C21H28IN5OS. The van der Waals surface area contributed by atoms with Crippen molar-refractivity contribution in [2.45, 2.75) is 32.9 Å². The predicted octanol–water partition coefficient (Wildman–Crippen LogP) is 4.65. The van der Waals surface area contributed by atoms with Gasteiger partial charge in [-0.1, -0.05) is 6.07 Å². The lowest BCUT2D eigenvalue weighted by atomic mass is 10.3. The summed E-state index contributed by atoms with van der Waals surface area (Å²) in [6.07, 6.45) is 6.66. The number of guanidine groups is 1. The molecule has 8 heteroatoms. The molecule has 6 nitrogen and oxygen atoms in total. The number of benzene rings is 1. The van der Waals surface area contributed by atoms with Crippen LogP contribution < -0.4 is 15.4 Å². The first-order valence-corrected chi connectivity index (χ1v) is 10.4. The smallest absolute Gasteiger partial charge is 0.195 e. The highest BCUT2D eigenvalue weighted by Crippen LogP contribution is 2.17. The molecule has 0 bridgehead atoms. The molecule has 0 saturated heterocycles. The molecule has 156 valence electrons. The van der Waals surface area contributed by atoms with Gasteiger partial charge in [-0.15, -0.1) is 35.3 Å². The second kappa shape index (κ2) is 12.5. The molecule has 0 atom stereocenters. The van der Waals surface area contributed by atoms with Gasteiger partial charge in [-0.25, -0.2) is 4.98 Å². The number of aromatic nitrogens is 2. The van der Waals surface area contributed by atoms with Crippen LogP contribution in [0.25, 0.3) is 0 Å². The monoisotopic (exact) mass is 525 g/mol. The summed E-state index contributed by atoms with van der Waals surface area (Å²) in [6, 6.07) is 12.2. The van der Waals surface area contributed by atoms with Gasteiger partial charge in [0.05, 0.1) is 12.4 Å². The average Bonchev–Trinajstić information content (AvgIpc) is 3.37. The van der Waals surface area contributed by atoms with E-state index in [2.05, 4.69) is 33.1 Å². The van der Waals surface area contributed by atoms with Crippen molar-refractivity contribution in [3.63, 3.8) is 0 Å². The lowest BCUT2D eigenvalue weighted by molar-refractivity contribution is 0.242. The lowest BCUT2D eigenvalue weighted by Crippen LogP contribution is -2.33. The van der Waals surface area contributed by atoms with Gasteiger partial charge in [0, 0.05) is 49.0 Å². The Balaban J connectivity index is 0.00000300. The fourth-order valence-corrected chi connectivity index (χ4v) is 3.32. The maximum Gasteiger partial charge on any atom is 0.195 e. The molecule has 2 heterocycles. The summed E-state index contributed by atoms with van der Waals surface area (Å²) < 4.78 is 7.74. The standard InChI is InChI=1S/C21H27N5OS.HI/c1-17(2)27-19-7-5-18(6-8-19)25-21(23-10-9-20-4-3-15-28-20)24-12-14-26-13-11-22-16-26;/h3-8,11,13,15-17H,9-10,12,14H2,1-2H3,(H2,23,24,25);1H. The van der Waals surface area contributed by atoms with E-state index in [0.717, 1.165) is 43.5 Å². The van der Waals surface area contributed by atoms with E-state index in [9.17, 15) is 0 Å². The summed E-state index contributed by atoms with van der Waals surface area (Å²) in [7, 11) is 0. The van der Waals surface area contributed by atoms with Gasteiger partial charge in [-0.3, -0.25) is 4.99 Å². The zero-order valence-corrected chi connectivity index (χ0v) is 19.9. The highest BCUT2D eigenvalue weighted by molar-refractivity contribution is 14.0. The summed E-state index contributed by atoms with van der Waals surface area (Å²) in [4.78, 5) is 10.1. The number of hydrogen-bond donors (Lipinski definition) is 2. The van der Waals surface area contributed by atoms with Crippen molar-refractivity contribution in [2.24, 2.45) is 4.99 Å². The van der Waals surface area contributed by atoms with Crippen LogP contribution in [-0.4, -0.2) is 34.7 Å². The molecule has 2 aromatic heterocycles. The quantitative estimate of drug-likeness (QED) is 0.243. The number of halogens is 1. The van der Waals surface area contributed by atoms with Crippen molar-refractivity contribution in [2.75, 3.05) is 18.4 Å². The lowest BCUT2D eigenvalue weighted by Gasteiger charge is -2.14. The first kappa shape index (κ1) is 23.2. The summed E-state index contributed by atoms with van der Waals surface area (Å²) in [5.74, 6) is 1.64. The van der Waals surface area contributed by atoms with Crippen LogP contribution in [0.2, 0.25) is 0 Å². The van der Waals surface area contributed by atoms with Crippen LogP contribution in [0.15, 0.2) is 65.5 Å². The van der Waals surface area contributed by atoms with E-state index in [0.29, 0.717) is 0 Å². The van der Waals surface area contributed by atoms with Gasteiger partial charge in [0.25, 0.3) is 0 Å². The zero-order chi connectivity index (χ0) is 19.6. The van der Waals surface area contributed by atoms with Crippen LogP contribution in [0.4, 0.5) is 5.69 Å². The minimum absolute atomic E-state index is 0. The molecule has 0 spiro atoms. The Morgan fingerprint density at radius 1 is 1.24 bits per heavy atom. The topological polar surface area (TPSA) is 63.5 Å². The molecule has 29 heavy (non-hydrogen) atoms. The van der Waals surface area contributed by atoms with Crippen LogP contribution in [0.5, 0.6) is 5.75 Å². The van der Waals surface area contributed by atoms with Crippen molar-refractivity contribution < 1.29 is 4.74 Å². The molecule has 3 rings (SSSR count). The molecule has 0 amide bonds. The van der Waals surface area contributed by atoms with Crippen LogP contribution in [0.3, 0.4) is 0 Å². The number of anilines is 1. The van der Waals surface area contributed by atoms with Crippen molar-refractivity contribution in [1.29, 1.82) is 0 Å².